The highest BCUT2D eigenvalue weighted by atomic mass is 32.2. The van der Waals surface area contributed by atoms with Crippen molar-refractivity contribution in [1.29, 1.82) is 0 Å². The van der Waals surface area contributed by atoms with Crippen molar-refractivity contribution in [3.63, 3.8) is 0 Å². The molecule has 2 rings (SSSR count). The number of nitrogens with one attached hydrogen (secondary N) is 1. The maximum Gasteiger partial charge on any atom is 0.242 e. The molecule has 0 atom stereocenters. The maximum atomic E-state index is 12.8. The molecule has 0 aromatic heterocycles. The van der Waals surface area contributed by atoms with E-state index in [0.717, 1.165) is 4.31 Å². The number of halogens is 1. The minimum Gasteiger partial charge on any atom is -0.494 e. The number of anilines is 1. The first-order valence-corrected chi connectivity index (χ1v) is 9.44. The predicted molar refractivity (Wildman–Crippen MR) is 97.1 cm³/mol. The SMILES string of the molecule is CN(C)S(=O)(=O)c1cccc(NC(=O)CCCOc2ccc(F)cc2)c1. The van der Waals surface area contributed by atoms with E-state index >= 15 is 0 Å². The number of hydrogen-bond acceptors (Lipinski definition) is 4. The molecule has 0 aliphatic rings. The lowest BCUT2D eigenvalue weighted by Gasteiger charge is -2.12. The van der Waals surface area contributed by atoms with Crippen molar-refractivity contribution in [3.05, 3.63) is 54.3 Å². The Labute approximate surface area is 152 Å². The van der Waals surface area contributed by atoms with Crippen molar-refractivity contribution < 1.29 is 22.3 Å². The van der Waals surface area contributed by atoms with Crippen LogP contribution >= 0.6 is 0 Å². The summed E-state index contributed by atoms with van der Waals surface area (Å²) >= 11 is 0. The molecule has 2 aromatic rings. The molecule has 2 aromatic carbocycles. The minimum atomic E-state index is -3.55. The summed E-state index contributed by atoms with van der Waals surface area (Å²) in [5, 5.41) is 2.67. The lowest BCUT2D eigenvalue weighted by atomic mass is 10.2. The number of benzene rings is 2. The van der Waals surface area contributed by atoms with Crippen LogP contribution in [0.3, 0.4) is 0 Å². The van der Waals surface area contributed by atoms with Crippen molar-refractivity contribution in [2.24, 2.45) is 0 Å². The normalized spacial score (nSPS) is 11.4. The molecule has 0 aliphatic heterocycles. The Morgan fingerprint density at radius 2 is 1.85 bits per heavy atom. The highest BCUT2D eigenvalue weighted by Crippen LogP contribution is 2.18. The fraction of sp³-hybridized carbons (Fsp3) is 0.278. The average molecular weight is 380 g/mol. The van der Waals surface area contributed by atoms with Gasteiger partial charge in [0.15, 0.2) is 0 Å². The first-order chi connectivity index (χ1) is 12.3. The van der Waals surface area contributed by atoms with Crippen molar-refractivity contribution in [1.82, 2.24) is 4.31 Å². The van der Waals surface area contributed by atoms with Crippen LogP contribution in [0.5, 0.6) is 5.75 Å². The van der Waals surface area contributed by atoms with Crippen LogP contribution < -0.4 is 10.1 Å². The van der Waals surface area contributed by atoms with E-state index in [4.69, 9.17) is 4.74 Å². The van der Waals surface area contributed by atoms with Gasteiger partial charge < -0.3 is 10.1 Å². The number of carbonyl (C=O) groups is 1. The van der Waals surface area contributed by atoms with E-state index in [9.17, 15) is 17.6 Å². The Bertz CT molecular complexity index is 852. The van der Waals surface area contributed by atoms with Gasteiger partial charge in [0.1, 0.15) is 11.6 Å². The van der Waals surface area contributed by atoms with E-state index in [1.165, 1.54) is 50.5 Å². The Balaban J connectivity index is 1.83. The first-order valence-electron chi connectivity index (χ1n) is 8.00. The number of carbonyl (C=O) groups excluding carboxylic acids is 1. The number of sulfonamides is 1. The largest absolute Gasteiger partial charge is 0.494 e. The Morgan fingerprint density at radius 3 is 2.50 bits per heavy atom. The van der Waals surface area contributed by atoms with Crippen LogP contribution in [0, 0.1) is 5.82 Å². The Morgan fingerprint density at radius 1 is 1.15 bits per heavy atom. The van der Waals surface area contributed by atoms with Gasteiger partial charge in [-0.2, -0.15) is 0 Å². The summed E-state index contributed by atoms with van der Waals surface area (Å²) < 4.78 is 43.5. The fourth-order valence-corrected chi connectivity index (χ4v) is 3.07. The van der Waals surface area contributed by atoms with E-state index in [1.54, 1.807) is 12.1 Å². The minimum absolute atomic E-state index is 0.111. The predicted octanol–water partition coefficient (Wildman–Crippen LogP) is 2.87. The van der Waals surface area contributed by atoms with E-state index in [-0.39, 0.29) is 23.0 Å². The first kappa shape index (κ1) is 19.9. The molecule has 140 valence electrons. The smallest absolute Gasteiger partial charge is 0.242 e. The van der Waals surface area contributed by atoms with Gasteiger partial charge in [-0.1, -0.05) is 6.07 Å². The van der Waals surface area contributed by atoms with Gasteiger partial charge in [0.05, 0.1) is 11.5 Å². The number of rotatable bonds is 8. The zero-order valence-electron chi connectivity index (χ0n) is 14.6. The average Bonchev–Trinajstić information content (AvgIpc) is 2.60. The molecule has 8 heteroatoms. The second-order valence-corrected chi connectivity index (χ2v) is 7.92. The zero-order chi connectivity index (χ0) is 19.2. The van der Waals surface area contributed by atoms with Crippen LogP contribution in [0.15, 0.2) is 53.4 Å². The van der Waals surface area contributed by atoms with Gasteiger partial charge in [0.2, 0.25) is 15.9 Å². The second kappa shape index (κ2) is 8.77. The standard InChI is InChI=1S/C18H21FN2O4S/c1-21(2)26(23,24)17-6-3-5-15(13-17)20-18(22)7-4-12-25-16-10-8-14(19)9-11-16/h3,5-6,8-11,13H,4,7,12H2,1-2H3,(H,20,22). The summed E-state index contributed by atoms with van der Waals surface area (Å²) in [6.45, 7) is 0.314. The third kappa shape index (κ3) is 5.53. The third-order valence-electron chi connectivity index (χ3n) is 3.53. The molecule has 0 bridgehead atoms. The maximum absolute atomic E-state index is 12.8. The molecule has 0 spiro atoms. The molecule has 0 unspecified atom stereocenters. The molecule has 0 saturated carbocycles. The molecular weight excluding hydrogens is 359 g/mol. The van der Waals surface area contributed by atoms with Crippen molar-refractivity contribution in [2.75, 3.05) is 26.0 Å². The third-order valence-corrected chi connectivity index (χ3v) is 5.34. The van der Waals surface area contributed by atoms with Crippen LogP contribution in [-0.4, -0.2) is 39.3 Å². The van der Waals surface area contributed by atoms with Gasteiger partial charge in [-0.3, -0.25) is 4.79 Å². The Kier molecular flexibility index (Phi) is 6.70. The van der Waals surface area contributed by atoms with Crippen LogP contribution in [0.25, 0.3) is 0 Å². The molecule has 0 heterocycles. The lowest BCUT2D eigenvalue weighted by molar-refractivity contribution is -0.116. The van der Waals surface area contributed by atoms with Crippen LogP contribution in [0.2, 0.25) is 0 Å². The molecule has 0 aliphatic carbocycles. The van der Waals surface area contributed by atoms with E-state index in [2.05, 4.69) is 5.32 Å². The van der Waals surface area contributed by atoms with Crippen LogP contribution in [0.1, 0.15) is 12.8 Å². The van der Waals surface area contributed by atoms with Gasteiger partial charge in [-0.25, -0.2) is 17.1 Å². The van der Waals surface area contributed by atoms with E-state index in [0.29, 0.717) is 24.5 Å². The van der Waals surface area contributed by atoms with Crippen molar-refractivity contribution >= 4 is 21.6 Å². The van der Waals surface area contributed by atoms with E-state index < -0.39 is 10.0 Å². The van der Waals surface area contributed by atoms with Crippen LogP contribution in [-0.2, 0) is 14.8 Å². The van der Waals surface area contributed by atoms with Gasteiger partial charge in [0, 0.05) is 26.2 Å². The molecule has 1 amide bonds. The monoisotopic (exact) mass is 380 g/mol. The molecule has 26 heavy (non-hydrogen) atoms. The molecule has 6 nitrogen and oxygen atoms in total. The lowest BCUT2D eigenvalue weighted by Crippen LogP contribution is -2.22. The molecular formula is C18H21FN2O4S. The highest BCUT2D eigenvalue weighted by molar-refractivity contribution is 7.89. The molecule has 0 saturated heterocycles. The summed E-state index contributed by atoms with van der Waals surface area (Å²) in [6.07, 6.45) is 0.685. The summed E-state index contributed by atoms with van der Waals surface area (Å²) in [4.78, 5) is 12.1. The number of ether oxygens (including phenoxy) is 1. The summed E-state index contributed by atoms with van der Waals surface area (Å²) in [5.41, 5.74) is 0.414. The fourth-order valence-electron chi connectivity index (χ4n) is 2.12. The second-order valence-electron chi connectivity index (χ2n) is 5.77. The van der Waals surface area contributed by atoms with Crippen molar-refractivity contribution in [3.8, 4) is 5.75 Å². The van der Waals surface area contributed by atoms with Gasteiger partial charge in [-0.15, -0.1) is 0 Å². The highest BCUT2D eigenvalue weighted by Gasteiger charge is 2.17. The number of nitrogens with zero attached hydrogens (tertiary/aromatic N) is 1. The van der Waals surface area contributed by atoms with Gasteiger partial charge >= 0.3 is 0 Å². The quantitative estimate of drug-likeness (QED) is 0.715. The molecule has 0 fully saturated rings. The Hall–Kier alpha value is -2.45. The van der Waals surface area contributed by atoms with Crippen LogP contribution in [0.4, 0.5) is 10.1 Å². The van der Waals surface area contributed by atoms with Gasteiger partial charge in [0.25, 0.3) is 0 Å². The van der Waals surface area contributed by atoms with E-state index in [1.807, 2.05) is 0 Å². The van der Waals surface area contributed by atoms with Crippen molar-refractivity contribution in [2.45, 2.75) is 17.7 Å². The number of amides is 1. The molecule has 1 N–H and O–H groups in total. The zero-order valence-corrected chi connectivity index (χ0v) is 15.4. The topological polar surface area (TPSA) is 75.7 Å². The number of hydrogen-bond donors (Lipinski definition) is 1. The van der Waals surface area contributed by atoms with Gasteiger partial charge in [-0.05, 0) is 48.9 Å². The summed E-state index contributed by atoms with van der Waals surface area (Å²) in [6, 6.07) is 11.7. The summed E-state index contributed by atoms with van der Waals surface area (Å²) in [5.74, 6) is -0.0456. The molecule has 0 radical (unpaired) electrons. The summed E-state index contributed by atoms with van der Waals surface area (Å²) in [7, 11) is -0.662.